The largest absolute Gasteiger partial charge is 0.481 e. The van der Waals surface area contributed by atoms with E-state index in [1.165, 1.54) is 0 Å². The summed E-state index contributed by atoms with van der Waals surface area (Å²) >= 11 is 0. The van der Waals surface area contributed by atoms with Crippen LogP contribution in [0.2, 0.25) is 0 Å². The van der Waals surface area contributed by atoms with Crippen molar-refractivity contribution >= 4 is 12.0 Å². The highest BCUT2D eigenvalue weighted by molar-refractivity contribution is 5.79. The molecule has 5 nitrogen and oxygen atoms in total. The number of hydrogen-bond donors (Lipinski definition) is 3. The van der Waals surface area contributed by atoms with Gasteiger partial charge in [0, 0.05) is 6.54 Å². The summed E-state index contributed by atoms with van der Waals surface area (Å²) < 4.78 is 38.0. The van der Waals surface area contributed by atoms with Crippen LogP contribution < -0.4 is 10.6 Å². The third-order valence-electron chi connectivity index (χ3n) is 4.25. The molecule has 0 aliphatic heterocycles. The normalized spacial score (nSPS) is 23.1. The van der Waals surface area contributed by atoms with Gasteiger partial charge >= 0.3 is 18.2 Å². The highest BCUT2D eigenvalue weighted by Gasteiger charge is 2.64. The number of aliphatic carboxylic acids is 1. The molecule has 0 aromatic carbocycles. The third-order valence-corrected chi connectivity index (χ3v) is 4.25. The number of hydrogen-bond acceptors (Lipinski definition) is 2. The number of nitrogens with one attached hydrogen (secondary N) is 2. The average Bonchev–Trinajstić information content (AvgIpc) is 2.96. The van der Waals surface area contributed by atoms with Crippen LogP contribution in [0.4, 0.5) is 18.0 Å². The lowest BCUT2D eigenvalue weighted by Crippen LogP contribution is -2.53. The Kier molecular flexibility index (Phi) is 3.60. The number of rotatable bonds is 4. The second-order valence-corrected chi connectivity index (χ2v) is 5.68. The first-order chi connectivity index (χ1) is 9.21. The van der Waals surface area contributed by atoms with Gasteiger partial charge in [0.15, 0.2) is 0 Å². The van der Waals surface area contributed by atoms with Crippen molar-refractivity contribution in [3.8, 4) is 0 Å². The molecule has 0 spiro atoms. The molecule has 0 heterocycles. The minimum absolute atomic E-state index is 0.131. The van der Waals surface area contributed by atoms with Crippen molar-refractivity contribution < 1.29 is 27.9 Å². The van der Waals surface area contributed by atoms with E-state index in [0.717, 1.165) is 12.8 Å². The van der Waals surface area contributed by atoms with Gasteiger partial charge in [-0.15, -0.1) is 0 Å². The van der Waals surface area contributed by atoms with Crippen LogP contribution in [-0.4, -0.2) is 35.4 Å². The number of carboxylic acids is 1. The molecule has 2 fully saturated rings. The Hall–Kier alpha value is -1.47. The van der Waals surface area contributed by atoms with E-state index < -0.39 is 29.1 Å². The maximum Gasteiger partial charge on any atom is 0.411 e. The van der Waals surface area contributed by atoms with E-state index in [4.69, 9.17) is 0 Å². The zero-order valence-electron chi connectivity index (χ0n) is 10.8. The molecule has 0 unspecified atom stereocenters. The van der Waals surface area contributed by atoms with Gasteiger partial charge in [-0.25, -0.2) is 4.79 Å². The molecular weight excluding hydrogens is 277 g/mol. The number of halogens is 3. The Morgan fingerprint density at radius 3 is 2.05 bits per heavy atom. The van der Waals surface area contributed by atoms with Crippen molar-refractivity contribution in [2.45, 2.75) is 50.2 Å². The van der Waals surface area contributed by atoms with Crippen LogP contribution in [-0.2, 0) is 4.79 Å². The summed E-state index contributed by atoms with van der Waals surface area (Å²) in [5, 5.41) is 13.4. The van der Waals surface area contributed by atoms with Crippen molar-refractivity contribution in [1.29, 1.82) is 0 Å². The van der Waals surface area contributed by atoms with Crippen LogP contribution in [0.15, 0.2) is 0 Å². The predicted octanol–water partition coefficient (Wildman–Crippen LogP) is 2.03. The molecule has 2 aliphatic rings. The molecule has 8 heteroatoms. The van der Waals surface area contributed by atoms with E-state index in [-0.39, 0.29) is 19.4 Å². The molecule has 2 rings (SSSR count). The SMILES string of the molecule is O=C(NCC1(C(=O)O)CCCC1)NC1(C(F)(F)F)CC1. The van der Waals surface area contributed by atoms with Crippen LogP contribution >= 0.6 is 0 Å². The summed E-state index contributed by atoms with van der Waals surface area (Å²) in [5.74, 6) is -1.01. The van der Waals surface area contributed by atoms with E-state index >= 15 is 0 Å². The summed E-state index contributed by atoms with van der Waals surface area (Å²) in [5.41, 5.74) is -3.16. The molecule has 0 atom stereocenters. The molecule has 3 N–H and O–H groups in total. The first-order valence-corrected chi connectivity index (χ1v) is 6.57. The summed E-state index contributed by atoms with van der Waals surface area (Å²) in [6, 6.07) is -0.952. The van der Waals surface area contributed by atoms with Gasteiger partial charge in [0.05, 0.1) is 5.41 Å². The topological polar surface area (TPSA) is 78.4 Å². The second-order valence-electron chi connectivity index (χ2n) is 5.68. The van der Waals surface area contributed by atoms with Gasteiger partial charge in [-0.3, -0.25) is 4.79 Å². The lowest BCUT2D eigenvalue weighted by molar-refractivity contribution is -0.162. The Labute approximate surface area is 113 Å². The van der Waals surface area contributed by atoms with Crippen molar-refractivity contribution in [1.82, 2.24) is 10.6 Å². The van der Waals surface area contributed by atoms with E-state index in [1.54, 1.807) is 0 Å². The number of carbonyl (C=O) groups is 2. The highest BCUT2D eigenvalue weighted by atomic mass is 19.4. The molecule has 0 aromatic rings. The molecule has 114 valence electrons. The number of amides is 2. The number of carboxylic acid groups (broad SMARTS) is 1. The predicted molar refractivity (Wildman–Crippen MR) is 63.1 cm³/mol. The molecular formula is C12H17F3N2O3. The molecule has 20 heavy (non-hydrogen) atoms. The third kappa shape index (κ3) is 2.69. The van der Waals surface area contributed by atoms with Crippen molar-refractivity contribution in [3.05, 3.63) is 0 Å². The van der Waals surface area contributed by atoms with Crippen molar-refractivity contribution in [3.63, 3.8) is 0 Å². The van der Waals surface area contributed by atoms with Crippen LogP contribution in [0.5, 0.6) is 0 Å². The van der Waals surface area contributed by atoms with E-state index in [0.29, 0.717) is 12.8 Å². The summed E-state index contributed by atoms with van der Waals surface area (Å²) in [7, 11) is 0. The molecule has 0 saturated heterocycles. The first-order valence-electron chi connectivity index (χ1n) is 6.57. The summed E-state index contributed by atoms with van der Waals surface area (Å²) in [4.78, 5) is 22.8. The smallest absolute Gasteiger partial charge is 0.411 e. The van der Waals surface area contributed by atoms with E-state index in [9.17, 15) is 27.9 Å². The van der Waals surface area contributed by atoms with Crippen LogP contribution in [0, 0.1) is 5.41 Å². The van der Waals surface area contributed by atoms with Crippen LogP contribution in [0.25, 0.3) is 0 Å². The quantitative estimate of drug-likeness (QED) is 0.742. The van der Waals surface area contributed by atoms with Gasteiger partial charge in [0.25, 0.3) is 0 Å². The van der Waals surface area contributed by atoms with Crippen LogP contribution in [0.3, 0.4) is 0 Å². The molecule has 0 aromatic heterocycles. The maximum absolute atomic E-state index is 12.7. The monoisotopic (exact) mass is 294 g/mol. The lowest BCUT2D eigenvalue weighted by Gasteiger charge is -2.26. The zero-order valence-corrected chi connectivity index (χ0v) is 10.8. The lowest BCUT2D eigenvalue weighted by atomic mass is 9.86. The number of carbonyl (C=O) groups excluding carboxylic acids is 1. The first kappa shape index (κ1) is 14.9. The summed E-state index contributed by atoms with van der Waals surface area (Å²) in [6.45, 7) is -0.137. The van der Waals surface area contributed by atoms with E-state index in [1.807, 2.05) is 5.32 Å². The zero-order chi connectivity index (χ0) is 15.0. The standard InChI is InChI=1S/C12H17F3N2O3/c13-12(14,15)11(5-6-11)17-9(20)16-7-10(8(18)19)3-1-2-4-10/h1-7H2,(H,18,19)(H2,16,17,20). The van der Waals surface area contributed by atoms with Gasteiger partial charge in [0.2, 0.25) is 0 Å². The molecule has 2 aliphatic carbocycles. The maximum atomic E-state index is 12.7. The number of urea groups is 1. The van der Waals surface area contributed by atoms with E-state index in [2.05, 4.69) is 5.32 Å². The molecule has 2 amide bonds. The fourth-order valence-corrected chi connectivity index (χ4v) is 2.63. The summed E-state index contributed by atoms with van der Waals surface area (Å²) in [6.07, 6.45) is -2.35. The Morgan fingerprint density at radius 1 is 1.10 bits per heavy atom. The highest BCUT2D eigenvalue weighted by Crippen LogP contribution is 2.48. The fraction of sp³-hybridized carbons (Fsp3) is 0.833. The molecule has 0 bridgehead atoms. The average molecular weight is 294 g/mol. The van der Waals surface area contributed by atoms with Crippen LogP contribution in [0.1, 0.15) is 38.5 Å². The minimum atomic E-state index is -4.47. The Bertz CT molecular complexity index is 413. The van der Waals surface area contributed by atoms with Crippen molar-refractivity contribution in [2.24, 2.45) is 5.41 Å². The van der Waals surface area contributed by atoms with Gasteiger partial charge in [0.1, 0.15) is 5.54 Å². The van der Waals surface area contributed by atoms with Gasteiger partial charge < -0.3 is 15.7 Å². The second kappa shape index (κ2) is 4.82. The van der Waals surface area contributed by atoms with Crippen molar-refractivity contribution in [2.75, 3.05) is 6.54 Å². The Morgan fingerprint density at radius 2 is 1.65 bits per heavy atom. The van der Waals surface area contributed by atoms with Gasteiger partial charge in [-0.2, -0.15) is 13.2 Å². The van der Waals surface area contributed by atoms with Gasteiger partial charge in [-0.05, 0) is 25.7 Å². The van der Waals surface area contributed by atoms with Gasteiger partial charge in [-0.1, -0.05) is 12.8 Å². The molecule has 2 saturated carbocycles. The minimum Gasteiger partial charge on any atom is -0.481 e. The number of alkyl halides is 3. The molecule has 0 radical (unpaired) electrons. The fourth-order valence-electron chi connectivity index (χ4n) is 2.63. The Balaban J connectivity index is 1.88.